The first-order valence-corrected chi connectivity index (χ1v) is 18.4. The van der Waals surface area contributed by atoms with Crippen LogP contribution in [0.25, 0.3) is 0 Å². The average molecular weight is 751 g/mol. The molecule has 54 heavy (non-hydrogen) atoms. The van der Waals surface area contributed by atoms with Crippen molar-refractivity contribution in [1.82, 2.24) is 31.9 Å². The van der Waals surface area contributed by atoms with Gasteiger partial charge in [0.15, 0.2) is 0 Å². The van der Waals surface area contributed by atoms with Crippen LogP contribution in [0.15, 0.2) is 60.7 Å². The van der Waals surface area contributed by atoms with E-state index in [-0.39, 0.29) is 37.5 Å². The minimum Gasteiger partial charge on any atom is -0.481 e. The number of amides is 5. The van der Waals surface area contributed by atoms with E-state index in [4.69, 9.17) is 5.11 Å². The minimum atomic E-state index is -1.50. The second-order valence-electron chi connectivity index (χ2n) is 14.4. The fraction of sp³-hybridized carbons (Fsp3) is 0.513. The predicted octanol–water partition coefficient (Wildman–Crippen LogP) is 1.30. The number of rotatable bonds is 21. The third kappa shape index (κ3) is 14.3. The molecule has 15 heteroatoms. The normalized spacial score (nSPS) is 16.7. The van der Waals surface area contributed by atoms with E-state index in [0.717, 1.165) is 12.0 Å². The molecule has 0 aromatic heterocycles. The molecule has 294 valence electrons. The summed E-state index contributed by atoms with van der Waals surface area (Å²) in [5.74, 6) is -6.31. The monoisotopic (exact) mass is 750 g/mol. The third-order valence-electron chi connectivity index (χ3n) is 9.06. The molecule has 1 fully saturated rings. The Kier molecular flexibility index (Phi) is 17.1. The largest absolute Gasteiger partial charge is 0.481 e. The maximum atomic E-state index is 14.0. The van der Waals surface area contributed by atoms with Crippen molar-refractivity contribution in [1.29, 1.82) is 0 Å². The fourth-order valence-electron chi connectivity index (χ4n) is 6.12. The standard InChI is InChI=1S/C39H54N6O9/c1-23(2)20-29(35(49)41-28(39(53)54)17-18-32(46)47)42-36(50)30(21-25-12-7-5-8-13-25)44-38(52)33(24(3)4)45-37(51)31(22-26-14-9-6-10-15-26)43-34(48)27-16-11-19-40-27/h5-10,12-15,23-24,27-31,33,40H,11,16-22H2,1-4H3,(H,41,49)(H,42,50)(H,43,48)(H,44,52)(H,45,51)(H,46,47)(H,53,54)/t27-,28-,29-,30-,31-,33-/m0/s1. The molecule has 15 nitrogen and oxygen atoms in total. The van der Waals surface area contributed by atoms with Gasteiger partial charge >= 0.3 is 11.9 Å². The van der Waals surface area contributed by atoms with Gasteiger partial charge in [-0.3, -0.25) is 28.8 Å². The molecular formula is C39H54N6O9. The van der Waals surface area contributed by atoms with Crippen molar-refractivity contribution in [3.05, 3.63) is 71.8 Å². The molecule has 0 radical (unpaired) electrons. The van der Waals surface area contributed by atoms with Crippen LogP contribution in [0.5, 0.6) is 0 Å². The van der Waals surface area contributed by atoms with Crippen molar-refractivity contribution in [3.63, 3.8) is 0 Å². The topological polar surface area (TPSA) is 232 Å². The molecule has 0 saturated carbocycles. The molecule has 0 spiro atoms. The lowest BCUT2D eigenvalue weighted by molar-refractivity contribution is -0.143. The van der Waals surface area contributed by atoms with Gasteiger partial charge in [-0.25, -0.2) is 4.79 Å². The van der Waals surface area contributed by atoms with E-state index >= 15 is 0 Å². The van der Waals surface area contributed by atoms with Gasteiger partial charge in [0.1, 0.15) is 30.2 Å². The first-order valence-electron chi connectivity index (χ1n) is 18.4. The lowest BCUT2D eigenvalue weighted by Gasteiger charge is -2.29. The van der Waals surface area contributed by atoms with Crippen LogP contribution in [0, 0.1) is 11.8 Å². The second-order valence-corrected chi connectivity index (χ2v) is 14.4. The molecule has 0 aliphatic carbocycles. The van der Waals surface area contributed by atoms with Crippen molar-refractivity contribution < 1.29 is 43.8 Å². The van der Waals surface area contributed by atoms with Crippen LogP contribution in [-0.2, 0) is 46.4 Å². The zero-order valence-electron chi connectivity index (χ0n) is 31.3. The highest BCUT2D eigenvalue weighted by Gasteiger charge is 2.35. The molecule has 2 aromatic carbocycles. The summed E-state index contributed by atoms with van der Waals surface area (Å²) in [6.45, 7) is 7.77. The molecule has 3 rings (SSSR count). The van der Waals surface area contributed by atoms with Crippen LogP contribution in [-0.4, -0.2) is 94.5 Å². The summed E-state index contributed by atoms with van der Waals surface area (Å²) in [5.41, 5.74) is 1.50. The van der Waals surface area contributed by atoms with Crippen LogP contribution in [0.4, 0.5) is 0 Å². The Morgan fingerprint density at radius 2 is 1.17 bits per heavy atom. The van der Waals surface area contributed by atoms with Crippen molar-refractivity contribution >= 4 is 41.5 Å². The Morgan fingerprint density at radius 3 is 1.65 bits per heavy atom. The van der Waals surface area contributed by atoms with Crippen molar-refractivity contribution in [2.45, 2.75) is 109 Å². The van der Waals surface area contributed by atoms with Gasteiger partial charge in [0.05, 0.1) is 6.04 Å². The van der Waals surface area contributed by atoms with Gasteiger partial charge in [0, 0.05) is 19.3 Å². The van der Waals surface area contributed by atoms with E-state index in [1.54, 1.807) is 44.2 Å². The summed E-state index contributed by atoms with van der Waals surface area (Å²) >= 11 is 0. The zero-order chi connectivity index (χ0) is 39.8. The third-order valence-corrected chi connectivity index (χ3v) is 9.06. The molecule has 1 aliphatic heterocycles. The maximum Gasteiger partial charge on any atom is 0.326 e. The Balaban J connectivity index is 1.83. The Bertz CT molecular complexity index is 1580. The van der Waals surface area contributed by atoms with Gasteiger partial charge in [-0.2, -0.15) is 0 Å². The van der Waals surface area contributed by atoms with Crippen LogP contribution in [0.1, 0.15) is 70.9 Å². The molecular weight excluding hydrogens is 696 g/mol. The summed E-state index contributed by atoms with van der Waals surface area (Å²) in [5, 5.41) is 35.2. The van der Waals surface area contributed by atoms with E-state index in [1.807, 2.05) is 44.2 Å². The number of carbonyl (C=O) groups excluding carboxylic acids is 5. The molecule has 5 amide bonds. The molecule has 1 aliphatic rings. The Morgan fingerprint density at radius 1 is 0.667 bits per heavy atom. The van der Waals surface area contributed by atoms with E-state index < -0.39 is 84.2 Å². The predicted molar refractivity (Wildman–Crippen MR) is 200 cm³/mol. The van der Waals surface area contributed by atoms with Crippen LogP contribution in [0.3, 0.4) is 0 Å². The van der Waals surface area contributed by atoms with Gasteiger partial charge < -0.3 is 42.1 Å². The summed E-state index contributed by atoms with van der Waals surface area (Å²) in [6, 6.07) is 11.5. The van der Waals surface area contributed by atoms with Crippen LogP contribution < -0.4 is 31.9 Å². The highest BCUT2D eigenvalue weighted by atomic mass is 16.4. The number of carbonyl (C=O) groups is 7. The molecule has 6 atom stereocenters. The SMILES string of the molecule is CC(C)C[C@H](NC(=O)[C@H](Cc1ccccc1)NC(=O)[C@@H](NC(=O)[C@H](Cc1ccccc1)NC(=O)[C@@H]1CCCN1)C(C)C)C(=O)N[C@@H](CCC(=O)O)C(=O)O. The first-order chi connectivity index (χ1) is 25.6. The summed E-state index contributed by atoms with van der Waals surface area (Å²) < 4.78 is 0. The van der Waals surface area contributed by atoms with Crippen LogP contribution in [0.2, 0.25) is 0 Å². The number of hydrogen-bond donors (Lipinski definition) is 8. The number of carboxylic acid groups (broad SMARTS) is 2. The number of benzene rings is 2. The number of carboxylic acids is 2. The minimum absolute atomic E-state index is 0.0185. The molecule has 0 bridgehead atoms. The highest BCUT2D eigenvalue weighted by molar-refractivity contribution is 5.96. The van der Waals surface area contributed by atoms with Gasteiger partial charge in [0.2, 0.25) is 29.5 Å². The number of aliphatic carboxylic acids is 2. The second kappa shape index (κ2) is 21.4. The molecule has 0 unspecified atom stereocenters. The zero-order valence-corrected chi connectivity index (χ0v) is 31.3. The van der Waals surface area contributed by atoms with Gasteiger partial charge in [-0.1, -0.05) is 88.4 Å². The lowest BCUT2D eigenvalue weighted by Crippen LogP contribution is -2.61. The lowest BCUT2D eigenvalue weighted by atomic mass is 9.98. The number of nitrogens with one attached hydrogen (secondary N) is 6. The maximum absolute atomic E-state index is 14.0. The molecule has 1 saturated heterocycles. The smallest absolute Gasteiger partial charge is 0.326 e. The van der Waals surface area contributed by atoms with Crippen molar-refractivity contribution in [2.24, 2.45) is 11.8 Å². The summed E-state index contributed by atoms with van der Waals surface area (Å²) in [6.07, 6.45) is 0.927. The van der Waals surface area contributed by atoms with E-state index in [0.29, 0.717) is 18.5 Å². The van der Waals surface area contributed by atoms with E-state index in [1.165, 1.54) is 0 Å². The Labute approximate surface area is 315 Å². The quantitative estimate of drug-likeness (QED) is 0.0912. The molecule has 2 aromatic rings. The van der Waals surface area contributed by atoms with Gasteiger partial charge in [-0.15, -0.1) is 0 Å². The van der Waals surface area contributed by atoms with Crippen molar-refractivity contribution in [2.75, 3.05) is 6.54 Å². The van der Waals surface area contributed by atoms with Crippen LogP contribution >= 0.6 is 0 Å². The summed E-state index contributed by atoms with van der Waals surface area (Å²) in [4.78, 5) is 91.1. The van der Waals surface area contributed by atoms with E-state index in [9.17, 15) is 38.7 Å². The number of hydrogen-bond acceptors (Lipinski definition) is 8. The molecule has 8 N–H and O–H groups in total. The average Bonchev–Trinajstić information content (AvgIpc) is 3.67. The highest BCUT2D eigenvalue weighted by Crippen LogP contribution is 2.13. The Hall–Kier alpha value is -5.31. The van der Waals surface area contributed by atoms with Gasteiger partial charge in [0.25, 0.3) is 0 Å². The summed E-state index contributed by atoms with van der Waals surface area (Å²) in [7, 11) is 0. The fourth-order valence-corrected chi connectivity index (χ4v) is 6.12. The molecule has 1 heterocycles. The van der Waals surface area contributed by atoms with E-state index in [2.05, 4.69) is 31.9 Å². The van der Waals surface area contributed by atoms with Gasteiger partial charge in [-0.05, 0) is 55.2 Å². The first kappa shape index (κ1) is 43.1. The van der Waals surface area contributed by atoms with Crippen molar-refractivity contribution in [3.8, 4) is 0 Å².